The summed E-state index contributed by atoms with van der Waals surface area (Å²) in [4.78, 5) is 151. The molecule has 5 aliphatic rings. The molecule has 2 saturated carbocycles. The minimum atomic E-state index is -1.55. The number of nitrogens with two attached hydrogens (primary N) is 2. The predicted molar refractivity (Wildman–Crippen MR) is 316 cm³/mol. The SMILES string of the molecule is CC(C)C[C@@H]1NC(=O)[C@H](CCCN)NC(=O)[C@H](C(C)C)NC(=O)[C@@]2(C[C@@H]2c2ccccc2)NC(=O)[C@H]2CCCN2C(=O)[C@H](CC(C)C)NC(=O)[C@H](CCCN)NC(=O)[C@H](C(C)C)NC(=O)[C@@]2(C[C@@H]2c2ccccc2)NC(=O)[C@H]2CCCN2C1=O. The van der Waals surface area contributed by atoms with Crippen molar-refractivity contribution in [2.24, 2.45) is 35.1 Å². The van der Waals surface area contributed by atoms with Crippen LogP contribution in [0, 0.1) is 23.7 Å². The fourth-order valence-electron chi connectivity index (χ4n) is 12.5. The van der Waals surface area contributed by atoms with Gasteiger partial charge in [0.05, 0.1) is 0 Å². The molecule has 460 valence electrons. The molecule has 2 aromatic rings. The molecule has 0 radical (unpaired) electrons. The first-order chi connectivity index (χ1) is 40.0. The van der Waals surface area contributed by atoms with Gasteiger partial charge in [0, 0.05) is 24.9 Å². The minimum absolute atomic E-state index is 0.0828. The number of nitrogens with one attached hydrogen (secondary N) is 8. The Balaban J connectivity index is 1.27. The molecule has 84 heavy (non-hydrogen) atoms. The number of hydrogen-bond acceptors (Lipinski definition) is 12. The molecule has 12 atom stereocenters. The van der Waals surface area contributed by atoms with E-state index in [4.69, 9.17) is 11.5 Å². The van der Waals surface area contributed by atoms with Crippen LogP contribution in [0.15, 0.2) is 60.7 Å². The molecule has 3 saturated heterocycles. The molecule has 0 bridgehead atoms. The third-order valence-electron chi connectivity index (χ3n) is 17.3. The highest BCUT2D eigenvalue weighted by atomic mass is 16.2. The quantitative estimate of drug-likeness (QED) is 0.130. The van der Waals surface area contributed by atoms with Gasteiger partial charge in [-0.25, -0.2) is 0 Å². The van der Waals surface area contributed by atoms with E-state index in [2.05, 4.69) is 42.5 Å². The highest BCUT2D eigenvalue weighted by Crippen LogP contribution is 2.53. The Hall–Kier alpha value is -6.94. The molecule has 3 aliphatic heterocycles. The zero-order valence-electron chi connectivity index (χ0n) is 50.3. The summed E-state index contributed by atoms with van der Waals surface area (Å²) < 4.78 is 0. The zero-order valence-corrected chi connectivity index (χ0v) is 50.3. The number of amides is 10. The molecule has 22 heteroatoms. The lowest BCUT2D eigenvalue weighted by Crippen LogP contribution is -2.63. The average molecular weight is 1170 g/mol. The van der Waals surface area contributed by atoms with E-state index in [0.717, 1.165) is 11.1 Å². The number of rotatable bonds is 14. The molecular weight excluding hydrogens is 1070 g/mol. The fraction of sp³-hybridized carbons (Fsp3) is 0.645. The van der Waals surface area contributed by atoms with Gasteiger partial charge in [-0.15, -0.1) is 0 Å². The van der Waals surface area contributed by atoms with Crippen LogP contribution in [0.3, 0.4) is 0 Å². The van der Waals surface area contributed by atoms with Crippen molar-refractivity contribution in [1.29, 1.82) is 0 Å². The molecule has 10 amide bonds. The number of nitrogens with zero attached hydrogens (tertiary/aromatic N) is 2. The second kappa shape index (κ2) is 28.3. The smallest absolute Gasteiger partial charge is 0.247 e. The van der Waals surface area contributed by atoms with Gasteiger partial charge in [-0.3, -0.25) is 47.9 Å². The Kier molecular flexibility index (Phi) is 21.8. The van der Waals surface area contributed by atoms with Crippen molar-refractivity contribution < 1.29 is 47.9 Å². The van der Waals surface area contributed by atoms with Gasteiger partial charge in [-0.1, -0.05) is 116 Å². The molecule has 7 rings (SSSR count). The van der Waals surface area contributed by atoms with E-state index >= 15 is 0 Å². The van der Waals surface area contributed by atoms with Crippen LogP contribution in [0.5, 0.6) is 0 Å². The van der Waals surface area contributed by atoms with Crippen LogP contribution in [0.4, 0.5) is 0 Å². The third-order valence-corrected chi connectivity index (χ3v) is 17.3. The Labute approximate surface area is 494 Å². The zero-order chi connectivity index (χ0) is 61.2. The molecule has 0 aromatic heterocycles. The van der Waals surface area contributed by atoms with Gasteiger partial charge in [0.2, 0.25) is 59.1 Å². The van der Waals surface area contributed by atoms with E-state index in [0.29, 0.717) is 25.7 Å². The van der Waals surface area contributed by atoms with Crippen molar-refractivity contribution in [2.75, 3.05) is 26.2 Å². The largest absolute Gasteiger partial charge is 0.343 e. The van der Waals surface area contributed by atoms with Crippen molar-refractivity contribution in [3.05, 3.63) is 71.8 Å². The van der Waals surface area contributed by atoms with E-state index in [1.807, 2.05) is 88.4 Å². The topological polar surface area (TPSA) is 325 Å². The van der Waals surface area contributed by atoms with Crippen LogP contribution in [0.2, 0.25) is 0 Å². The van der Waals surface area contributed by atoms with Crippen molar-refractivity contribution >= 4 is 59.1 Å². The normalized spacial score (nSPS) is 30.8. The van der Waals surface area contributed by atoms with Crippen molar-refractivity contribution in [3.8, 4) is 0 Å². The second-order valence-electron chi connectivity index (χ2n) is 25.4. The monoisotopic (exact) mass is 1160 g/mol. The van der Waals surface area contributed by atoms with E-state index < -0.39 is 142 Å². The molecule has 12 N–H and O–H groups in total. The first-order valence-electron chi connectivity index (χ1n) is 30.5. The first kappa shape index (κ1) is 64.6. The molecule has 2 aromatic carbocycles. The predicted octanol–water partition coefficient (Wildman–Crippen LogP) is 1.86. The lowest BCUT2D eigenvalue weighted by Gasteiger charge is -2.33. The lowest BCUT2D eigenvalue weighted by molar-refractivity contribution is -0.143. The van der Waals surface area contributed by atoms with Crippen LogP contribution < -0.4 is 54.0 Å². The van der Waals surface area contributed by atoms with Gasteiger partial charge >= 0.3 is 0 Å². The number of fused-ring (bicyclic) bond motifs is 2. The standard InChI is InChI=1S/C62H92N12O10/c1-35(2)31-45-57(81)73-29-17-25-47(73)53(77)71-61(33-41(61)39-19-11-9-12-20-39)59(83)70-50(38(7)8)56(80)66-44(24-16-28-64)52(76)68-46(32-36(3)4)58(82)74-30-18-26-48(74)54(78)72-62(34-42(62)40-21-13-10-14-22-40)60(84)69-49(37(5)6)55(79)65-43(23-15-27-63)51(75)67-45/h9-14,19-22,35-38,41-50H,15-18,23-34,63-64H2,1-8H3,(H,65,79)(H,66,80)(H,67,75)(H,68,76)(H,69,84)(H,70,83)(H,71,77)(H,72,78)/t41-,42-,43+,44+,45+,46+,47-,48-,49+,50+,61+,62+/m1/s1. The van der Waals surface area contributed by atoms with Crippen molar-refractivity contribution in [1.82, 2.24) is 52.3 Å². The van der Waals surface area contributed by atoms with E-state index in [1.165, 1.54) is 9.80 Å². The van der Waals surface area contributed by atoms with Crippen LogP contribution in [0.1, 0.15) is 155 Å². The van der Waals surface area contributed by atoms with Crippen molar-refractivity contribution in [3.63, 3.8) is 0 Å². The number of hydrogen-bond donors (Lipinski definition) is 10. The Morgan fingerprint density at radius 2 is 0.810 bits per heavy atom. The molecule has 3 heterocycles. The Bertz CT molecular complexity index is 2530. The van der Waals surface area contributed by atoms with Gasteiger partial charge in [0.15, 0.2) is 0 Å². The average Bonchev–Trinajstić information content (AvgIpc) is 2.00. The van der Waals surface area contributed by atoms with Gasteiger partial charge in [0.1, 0.15) is 59.4 Å². The maximum atomic E-state index is 15.0. The van der Waals surface area contributed by atoms with Gasteiger partial charge in [-0.2, -0.15) is 0 Å². The number of carbonyl (C=O) groups is 10. The number of benzene rings is 2. The summed E-state index contributed by atoms with van der Waals surface area (Å²) in [6.07, 6.45) is 2.89. The van der Waals surface area contributed by atoms with Crippen molar-refractivity contribution in [2.45, 2.75) is 204 Å². The summed E-state index contributed by atoms with van der Waals surface area (Å²) in [6.45, 7) is 15.2. The van der Waals surface area contributed by atoms with E-state index in [9.17, 15) is 47.9 Å². The van der Waals surface area contributed by atoms with Crippen LogP contribution >= 0.6 is 0 Å². The molecule has 0 unspecified atom stereocenters. The minimum Gasteiger partial charge on any atom is -0.343 e. The molecule has 2 spiro atoms. The van der Waals surface area contributed by atoms with Gasteiger partial charge in [-0.05, 0) is 125 Å². The lowest BCUT2D eigenvalue weighted by atomic mass is 9.98. The summed E-state index contributed by atoms with van der Waals surface area (Å²) in [5, 5.41) is 23.5. The first-order valence-corrected chi connectivity index (χ1v) is 30.5. The summed E-state index contributed by atoms with van der Waals surface area (Å²) in [5.41, 5.74) is 10.4. The highest BCUT2D eigenvalue weighted by molar-refractivity contribution is 6.03. The maximum absolute atomic E-state index is 15.0. The van der Waals surface area contributed by atoms with Crippen LogP contribution in [0.25, 0.3) is 0 Å². The Morgan fingerprint density at radius 3 is 1.13 bits per heavy atom. The molecule has 22 nitrogen and oxygen atoms in total. The molecule has 5 fully saturated rings. The van der Waals surface area contributed by atoms with Gasteiger partial charge < -0.3 is 63.8 Å². The highest BCUT2D eigenvalue weighted by Gasteiger charge is 2.64. The summed E-state index contributed by atoms with van der Waals surface area (Å²) in [5.74, 6) is -8.52. The van der Waals surface area contributed by atoms with E-state index in [-0.39, 0.29) is 89.4 Å². The summed E-state index contributed by atoms with van der Waals surface area (Å²) >= 11 is 0. The van der Waals surface area contributed by atoms with Crippen LogP contribution in [-0.2, 0) is 47.9 Å². The fourth-order valence-corrected chi connectivity index (χ4v) is 12.5. The number of carbonyl (C=O) groups excluding carboxylic acids is 10. The summed E-state index contributed by atoms with van der Waals surface area (Å²) in [7, 11) is 0. The molecule has 2 aliphatic carbocycles. The third kappa shape index (κ3) is 15.1. The van der Waals surface area contributed by atoms with E-state index in [1.54, 1.807) is 27.7 Å². The Morgan fingerprint density at radius 1 is 0.464 bits per heavy atom. The second-order valence-corrected chi connectivity index (χ2v) is 25.4. The molecular formula is C62H92N12O10. The summed E-state index contributed by atoms with van der Waals surface area (Å²) in [6, 6.07) is 9.15. The van der Waals surface area contributed by atoms with Crippen LogP contribution in [-0.4, -0.2) is 154 Å². The maximum Gasteiger partial charge on any atom is 0.247 e. The van der Waals surface area contributed by atoms with Gasteiger partial charge in [0.25, 0.3) is 0 Å².